The van der Waals surface area contributed by atoms with E-state index in [1.807, 2.05) is 72.8 Å². The van der Waals surface area contributed by atoms with Crippen LogP contribution in [0.1, 0.15) is 0 Å². The molecule has 8 nitrogen and oxygen atoms in total. The smallest absolute Gasteiger partial charge is 0.258 e. The van der Waals surface area contributed by atoms with Crippen molar-refractivity contribution in [2.45, 2.75) is 0 Å². The molecule has 0 unspecified atom stereocenters. The van der Waals surface area contributed by atoms with E-state index < -0.39 is 15.5 Å². The summed E-state index contributed by atoms with van der Waals surface area (Å²) in [5.41, 5.74) is 2.25. The minimum absolute atomic E-state index is 0.139. The topological polar surface area (TPSA) is 104 Å². The summed E-state index contributed by atoms with van der Waals surface area (Å²) in [7, 11) is 0. The third-order valence-electron chi connectivity index (χ3n) is 5.49. The summed E-state index contributed by atoms with van der Waals surface area (Å²) in [6.45, 7) is 0. The van der Waals surface area contributed by atoms with Crippen molar-refractivity contribution in [1.29, 1.82) is 0 Å². The van der Waals surface area contributed by atoms with Crippen LogP contribution in [0.3, 0.4) is 0 Å². The largest absolute Gasteiger partial charge is 0.301 e. The number of halogens is 1. The number of benzene rings is 4. The van der Waals surface area contributed by atoms with E-state index in [0.29, 0.717) is 11.4 Å². The lowest BCUT2D eigenvalue weighted by Gasteiger charge is -2.08. The van der Waals surface area contributed by atoms with Gasteiger partial charge in [-0.3, -0.25) is 20.2 Å². The normalized spacial score (nSPS) is 11.0. The molecule has 0 amide bonds. The molecule has 1 heterocycles. The number of aromatic nitrogens is 2. The molecule has 166 valence electrons. The fourth-order valence-corrected chi connectivity index (χ4v) is 4.10. The van der Waals surface area contributed by atoms with Crippen molar-refractivity contribution in [1.82, 2.24) is 9.78 Å². The molecule has 1 aromatic heterocycles. The molecule has 0 saturated heterocycles. The molecule has 0 atom stereocenters. The van der Waals surface area contributed by atoms with Gasteiger partial charge in [-0.05, 0) is 41.1 Å². The average Bonchev–Trinajstić information content (AvgIpc) is 3.29. The summed E-state index contributed by atoms with van der Waals surface area (Å²) in [4.78, 5) is 21.7. The van der Waals surface area contributed by atoms with Crippen LogP contribution in [0.4, 0.5) is 11.4 Å². The van der Waals surface area contributed by atoms with Gasteiger partial charge in [0.15, 0.2) is 0 Å². The summed E-state index contributed by atoms with van der Waals surface area (Å²) in [5, 5.41) is 29.9. The van der Waals surface area contributed by atoms with Crippen LogP contribution in [0.5, 0.6) is 0 Å². The molecule has 0 aliphatic heterocycles. The van der Waals surface area contributed by atoms with Gasteiger partial charge in [-0.2, -0.15) is 5.10 Å². The molecule has 0 fully saturated rings. The van der Waals surface area contributed by atoms with Gasteiger partial charge >= 0.3 is 5.69 Å². The third kappa shape index (κ3) is 3.93. The maximum Gasteiger partial charge on any atom is 0.301 e. The first-order valence-corrected chi connectivity index (χ1v) is 11.0. The standard InChI is InChI=1S/C25H15BrN4O4/c26-20-9-7-17(8-10-20)24-15-22(19-6-5-16-3-1-2-4-18(16)13-19)27-28(24)23-12-11-21(29(31)32)14-25(23)30(33)34/h1-15H. The number of hydrogen-bond acceptors (Lipinski definition) is 5. The molecule has 0 aliphatic carbocycles. The van der Waals surface area contributed by atoms with E-state index in [9.17, 15) is 20.2 Å². The second-order valence-electron chi connectivity index (χ2n) is 7.58. The molecule has 9 heteroatoms. The fraction of sp³-hybridized carbons (Fsp3) is 0. The van der Waals surface area contributed by atoms with Crippen LogP contribution < -0.4 is 0 Å². The van der Waals surface area contributed by atoms with Gasteiger partial charge in [-0.25, -0.2) is 4.68 Å². The molecule has 0 aliphatic rings. The predicted molar refractivity (Wildman–Crippen MR) is 133 cm³/mol. The average molecular weight is 515 g/mol. The quantitative estimate of drug-likeness (QED) is 0.186. The third-order valence-corrected chi connectivity index (χ3v) is 6.02. The Hall–Kier alpha value is -4.37. The molecule has 0 radical (unpaired) electrons. The van der Waals surface area contributed by atoms with Crippen LogP contribution in [-0.2, 0) is 0 Å². The first-order chi connectivity index (χ1) is 16.4. The second-order valence-corrected chi connectivity index (χ2v) is 8.50. The highest BCUT2D eigenvalue weighted by Crippen LogP contribution is 2.35. The van der Waals surface area contributed by atoms with Crippen LogP contribution in [0.25, 0.3) is 39.0 Å². The van der Waals surface area contributed by atoms with Crippen molar-refractivity contribution >= 4 is 38.1 Å². The number of nitro groups is 2. The highest BCUT2D eigenvalue weighted by molar-refractivity contribution is 9.10. The Morgan fingerprint density at radius 3 is 2.15 bits per heavy atom. The maximum atomic E-state index is 11.8. The Labute approximate surface area is 201 Å². The minimum atomic E-state index is -0.657. The Bertz CT molecular complexity index is 1580. The molecular formula is C25H15BrN4O4. The second kappa shape index (κ2) is 8.53. The van der Waals surface area contributed by atoms with E-state index in [2.05, 4.69) is 15.9 Å². The number of non-ortho nitro benzene ring substituents is 1. The summed E-state index contributed by atoms with van der Waals surface area (Å²) in [5.74, 6) is 0. The molecule has 0 saturated carbocycles. The van der Waals surface area contributed by atoms with Gasteiger partial charge in [-0.15, -0.1) is 0 Å². The SMILES string of the molecule is O=[N+]([O-])c1ccc(-n2nc(-c3ccc4ccccc4c3)cc2-c2ccc(Br)cc2)c([N+](=O)[O-])c1. The van der Waals surface area contributed by atoms with E-state index in [-0.39, 0.29) is 11.4 Å². The Morgan fingerprint density at radius 1 is 0.735 bits per heavy atom. The minimum Gasteiger partial charge on any atom is -0.258 e. The Morgan fingerprint density at radius 2 is 1.44 bits per heavy atom. The van der Waals surface area contributed by atoms with Gasteiger partial charge in [0.25, 0.3) is 5.69 Å². The summed E-state index contributed by atoms with van der Waals surface area (Å²) in [6, 6.07) is 26.8. The Kier molecular flexibility index (Phi) is 5.39. The Balaban J connectivity index is 1.74. The van der Waals surface area contributed by atoms with Crippen molar-refractivity contribution in [2.24, 2.45) is 0 Å². The van der Waals surface area contributed by atoms with Gasteiger partial charge in [0.05, 0.1) is 27.3 Å². The highest BCUT2D eigenvalue weighted by atomic mass is 79.9. The van der Waals surface area contributed by atoms with Gasteiger partial charge in [-0.1, -0.05) is 64.5 Å². The highest BCUT2D eigenvalue weighted by Gasteiger charge is 2.24. The zero-order valence-corrected chi connectivity index (χ0v) is 19.0. The maximum absolute atomic E-state index is 11.8. The van der Waals surface area contributed by atoms with Crippen LogP contribution >= 0.6 is 15.9 Å². The lowest BCUT2D eigenvalue weighted by atomic mass is 10.0. The van der Waals surface area contributed by atoms with Crippen molar-refractivity contribution in [3.8, 4) is 28.2 Å². The molecule has 34 heavy (non-hydrogen) atoms. The fourth-order valence-electron chi connectivity index (χ4n) is 3.83. The molecular weight excluding hydrogens is 500 g/mol. The lowest BCUT2D eigenvalue weighted by molar-refractivity contribution is -0.394. The van der Waals surface area contributed by atoms with Crippen LogP contribution in [0.15, 0.2) is 95.5 Å². The number of fused-ring (bicyclic) bond motifs is 1. The van der Waals surface area contributed by atoms with Gasteiger partial charge in [0.2, 0.25) is 0 Å². The van der Waals surface area contributed by atoms with Crippen molar-refractivity contribution < 1.29 is 9.85 Å². The van der Waals surface area contributed by atoms with Crippen molar-refractivity contribution in [2.75, 3.05) is 0 Å². The van der Waals surface area contributed by atoms with E-state index in [1.54, 1.807) is 0 Å². The summed E-state index contributed by atoms with van der Waals surface area (Å²) >= 11 is 3.42. The first-order valence-electron chi connectivity index (χ1n) is 10.2. The monoisotopic (exact) mass is 514 g/mol. The first kappa shape index (κ1) is 21.5. The zero-order chi connectivity index (χ0) is 23.8. The molecule has 0 spiro atoms. The molecule has 0 bridgehead atoms. The van der Waals surface area contributed by atoms with Gasteiger partial charge in [0.1, 0.15) is 5.69 Å². The van der Waals surface area contributed by atoms with E-state index in [0.717, 1.165) is 32.4 Å². The molecule has 5 aromatic rings. The zero-order valence-electron chi connectivity index (χ0n) is 17.5. The number of nitro benzene ring substituents is 2. The molecule has 4 aromatic carbocycles. The molecule has 0 N–H and O–H groups in total. The summed E-state index contributed by atoms with van der Waals surface area (Å²) in [6.07, 6.45) is 0. The van der Waals surface area contributed by atoms with Crippen molar-refractivity contribution in [3.63, 3.8) is 0 Å². The van der Waals surface area contributed by atoms with Crippen LogP contribution in [0.2, 0.25) is 0 Å². The van der Waals surface area contributed by atoms with Crippen LogP contribution in [-0.4, -0.2) is 19.6 Å². The van der Waals surface area contributed by atoms with E-state index in [4.69, 9.17) is 5.10 Å². The predicted octanol–water partition coefficient (Wildman–Crippen LogP) is 6.94. The molecule has 5 rings (SSSR count). The number of nitrogens with zero attached hydrogens (tertiary/aromatic N) is 4. The lowest BCUT2D eigenvalue weighted by Crippen LogP contribution is -2.04. The van der Waals surface area contributed by atoms with E-state index in [1.165, 1.54) is 16.8 Å². The summed E-state index contributed by atoms with van der Waals surface area (Å²) < 4.78 is 2.36. The van der Waals surface area contributed by atoms with Gasteiger partial charge < -0.3 is 0 Å². The van der Waals surface area contributed by atoms with Crippen LogP contribution in [0, 0.1) is 20.2 Å². The number of rotatable bonds is 5. The van der Waals surface area contributed by atoms with Gasteiger partial charge in [0, 0.05) is 21.7 Å². The van der Waals surface area contributed by atoms with E-state index >= 15 is 0 Å². The van der Waals surface area contributed by atoms with Crippen molar-refractivity contribution in [3.05, 3.63) is 116 Å². The number of hydrogen-bond donors (Lipinski definition) is 0.